The summed E-state index contributed by atoms with van der Waals surface area (Å²) in [6.45, 7) is 4.57. The molecule has 1 aromatic rings. The molecule has 0 spiro atoms. The second kappa shape index (κ2) is 5.42. The third kappa shape index (κ3) is 2.84. The first-order valence-electron chi connectivity index (χ1n) is 6.22. The molecule has 1 aliphatic rings. The molecule has 0 bridgehead atoms. The van der Waals surface area contributed by atoms with Gasteiger partial charge in [0.05, 0.1) is 16.8 Å². The van der Waals surface area contributed by atoms with Crippen LogP contribution in [0.1, 0.15) is 25.5 Å². The highest BCUT2D eigenvalue weighted by Crippen LogP contribution is 2.40. The highest BCUT2D eigenvalue weighted by molar-refractivity contribution is 8.00. The van der Waals surface area contributed by atoms with Crippen molar-refractivity contribution in [3.8, 4) is 0 Å². The molecule has 1 fully saturated rings. The van der Waals surface area contributed by atoms with E-state index in [1.165, 1.54) is 5.56 Å². The van der Waals surface area contributed by atoms with Crippen LogP contribution < -0.4 is 5.32 Å². The van der Waals surface area contributed by atoms with Crippen LogP contribution in [0.3, 0.4) is 0 Å². The first-order valence-corrected chi connectivity index (χ1v) is 7.16. The van der Waals surface area contributed by atoms with Crippen LogP contribution in [-0.2, 0) is 0 Å². The smallest absolute Gasteiger partial charge is 0.0766 e. The van der Waals surface area contributed by atoms with Crippen LogP contribution in [0.2, 0.25) is 0 Å². The molecule has 0 radical (unpaired) electrons. The lowest BCUT2D eigenvalue weighted by Crippen LogP contribution is -2.33. The molecule has 17 heavy (non-hydrogen) atoms. The average Bonchev–Trinajstić information content (AvgIpc) is 2.75. The number of nitrogens with zero attached hydrogens (tertiary/aromatic N) is 1. The van der Waals surface area contributed by atoms with Gasteiger partial charge in [0.25, 0.3) is 0 Å². The average molecular weight is 250 g/mol. The number of likely N-dealkylation sites (N-methyl/N-ethyl adjacent to an activating group) is 1. The third-order valence-corrected chi connectivity index (χ3v) is 5.13. The van der Waals surface area contributed by atoms with Crippen LogP contribution in [0.15, 0.2) is 30.3 Å². The Bertz CT molecular complexity index is 350. The van der Waals surface area contributed by atoms with Gasteiger partial charge >= 0.3 is 0 Å². The second-order valence-electron chi connectivity index (χ2n) is 5.21. The standard InChI is InChI=1S/C14H22N2S/c1-10(2)13-15-12(14(17-13)16(3)4)11-8-6-5-7-9-11/h5-10,12-15H,1-4H3. The monoisotopic (exact) mass is 250 g/mol. The molecule has 94 valence electrons. The van der Waals surface area contributed by atoms with Gasteiger partial charge in [0.15, 0.2) is 0 Å². The van der Waals surface area contributed by atoms with Crippen molar-refractivity contribution in [2.75, 3.05) is 14.1 Å². The minimum atomic E-state index is 0.434. The third-order valence-electron chi connectivity index (χ3n) is 3.19. The van der Waals surface area contributed by atoms with E-state index < -0.39 is 0 Å². The quantitative estimate of drug-likeness (QED) is 0.888. The molecule has 2 rings (SSSR count). The molecule has 1 N–H and O–H groups in total. The fraction of sp³-hybridized carbons (Fsp3) is 0.571. The highest BCUT2D eigenvalue weighted by Gasteiger charge is 2.37. The molecule has 0 amide bonds. The first-order chi connectivity index (χ1) is 8.09. The summed E-state index contributed by atoms with van der Waals surface area (Å²) in [5, 5.41) is 4.83. The maximum Gasteiger partial charge on any atom is 0.0766 e. The summed E-state index contributed by atoms with van der Waals surface area (Å²) in [6, 6.07) is 11.2. The van der Waals surface area contributed by atoms with E-state index >= 15 is 0 Å². The Kier molecular flexibility index (Phi) is 4.13. The zero-order valence-corrected chi connectivity index (χ0v) is 11.9. The van der Waals surface area contributed by atoms with E-state index in [-0.39, 0.29) is 0 Å². The number of rotatable bonds is 3. The molecule has 0 aromatic heterocycles. The van der Waals surface area contributed by atoms with Crippen molar-refractivity contribution in [1.82, 2.24) is 10.2 Å². The predicted octanol–water partition coefficient (Wildman–Crippen LogP) is 2.93. The Morgan fingerprint density at radius 3 is 2.35 bits per heavy atom. The normalized spacial score (nSPS) is 29.2. The summed E-state index contributed by atoms with van der Waals surface area (Å²) in [6.07, 6.45) is 0. The summed E-state index contributed by atoms with van der Waals surface area (Å²) in [5.74, 6) is 0.663. The van der Waals surface area contributed by atoms with Crippen molar-refractivity contribution >= 4 is 11.8 Å². The Morgan fingerprint density at radius 1 is 1.18 bits per heavy atom. The fourth-order valence-electron chi connectivity index (χ4n) is 2.22. The van der Waals surface area contributed by atoms with Gasteiger partial charge in [0, 0.05) is 0 Å². The highest BCUT2D eigenvalue weighted by atomic mass is 32.2. The van der Waals surface area contributed by atoms with Crippen molar-refractivity contribution in [2.24, 2.45) is 5.92 Å². The molecular weight excluding hydrogens is 228 g/mol. The van der Waals surface area contributed by atoms with Crippen LogP contribution in [0.25, 0.3) is 0 Å². The van der Waals surface area contributed by atoms with Crippen LogP contribution in [0, 0.1) is 5.92 Å². The molecule has 1 aromatic carbocycles. The summed E-state index contributed by atoms with van der Waals surface area (Å²) < 4.78 is 0. The molecular formula is C14H22N2S. The van der Waals surface area contributed by atoms with E-state index in [0.29, 0.717) is 22.7 Å². The van der Waals surface area contributed by atoms with Crippen molar-refractivity contribution in [3.05, 3.63) is 35.9 Å². The summed E-state index contributed by atoms with van der Waals surface area (Å²) in [4.78, 5) is 2.32. The van der Waals surface area contributed by atoms with E-state index in [0.717, 1.165) is 0 Å². The molecule has 0 saturated carbocycles. The lowest BCUT2D eigenvalue weighted by atomic mass is 10.1. The molecule has 1 aliphatic heterocycles. The number of hydrogen-bond donors (Lipinski definition) is 1. The molecule has 3 heteroatoms. The largest absolute Gasteiger partial charge is 0.296 e. The summed E-state index contributed by atoms with van der Waals surface area (Å²) in [7, 11) is 4.33. The molecule has 2 nitrogen and oxygen atoms in total. The van der Waals surface area contributed by atoms with Crippen molar-refractivity contribution in [3.63, 3.8) is 0 Å². The molecule has 3 atom stereocenters. The summed E-state index contributed by atoms with van der Waals surface area (Å²) in [5.41, 5.74) is 1.39. The van der Waals surface area contributed by atoms with Gasteiger partial charge in [-0.2, -0.15) is 0 Å². The Morgan fingerprint density at radius 2 is 1.82 bits per heavy atom. The lowest BCUT2D eigenvalue weighted by Gasteiger charge is -2.24. The zero-order chi connectivity index (χ0) is 12.4. The van der Waals surface area contributed by atoms with Gasteiger partial charge < -0.3 is 0 Å². The van der Waals surface area contributed by atoms with Gasteiger partial charge in [-0.25, -0.2) is 0 Å². The fourth-order valence-corrected chi connectivity index (χ4v) is 3.69. The van der Waals surface area contributed by atoms with Gasteiger partial charge in [-0.1, -0.05) is 44.2 Å². The van der Waals surface area contributed by atoms with E-state index in [1.54, 1.807) is 0 Å². The van der Waals surface area contributed by atoms with Gasteiger partial charge in [0.2, 0.25) is 0 Å². The maximum atomic E-state index is 3.76. The Labute approximate surface area is 109 Å². The Balaban J connectivity index is 2.20. The van der Waals surface area contributed by atoms with Crippen LogP contribution in [0.5, 0.6) is 0 Å². The van der Waals surface area contributed by atoms with Crippen LogP contribution >= 0.6 is 11.8 Å². The van der Waals surface area contributed by atoms with Crippen LogP contribution in [0.4, 0.5) is 0 Å². The number of thioether (sulfide) groups is 1. The van der Waals surface area contributed by atoms with E-state index in [9.17, 15) is 0 Å². The lowest BCUT2D eigenvalue weighted by molar-refractivity contribution is 0.321. The van der Waals surface area contributed by atoms with Gasteiger partial charge in [-0.3, -0.25) is 10.2 Å². The predicted molar refractivity (Wildman–Crippen MR) is 76.0 cm³/mol. The number of nitrogens with one attached hydrogen (secondary N) is 1. The zero-order valence-electron chi connectivity index (χ0n) is 11.1. The van der Waals surface area contributed by atoms with E-state index in [1.807, 2.05) is 11.8 Å². The van der Waals surface area contributed by atoms with Crippen LogP contribution in [-0.4, -0.2) is 29.7 Å². The molecule has 1 saturated heterocycles. The molecule has 3 unspecified atom stereocenters. The van der Waals surface area contributed by atoms with E-state index in [2.05, 4.69) is 68.5 Å². The maximum absolute atomic E-state index is 3.76. The minimum absolute atomic E-state index is 0.434. The topological polar surface area (TPSA) is 15.3 Å². The second-order valence-corrected chi connectivity index (χ2v) is 6.47. The molecule has 0 aliphatic carbocycles. The summed E-state index contributed by atoms with van der Waals surface area (Å²) >= 11 is 2.04. The first kappa shape index (κ1) is 12.9. The number of hydrogen-bond acceptors (Lipinski definition) is 3. The van der Waals surface area contributed by atoms with E-state index in [4.69, 9.17) is 0 Å². The SMILES string of the molecule is CC(C)C1NC(c2ccccc2)C(N(C)C)S1. The Hall–Kier alpha value is -0.510. The van der Waals surface area contributed by atoms with Gasteiger partial charge in [-0.05, 0) is 25.6 Å². The van der Waals surface area contributed by atoms with Gasteiger partial charge in [-0.15, -0.1) is 11.8 Å². The van der Waals surface area contributed by atoms with Crippen molar-refractivity contribution in [1.29, 1.82) is 0 Å². The number of benzene rings is 1. The molecule has 1 heterocycles. The van der Waals surface area contributed by atoms with Crippen molar-refractivity contribution < 1.29 is 0 Å². The van der Waals surface area contributed by atoms with Gasteiger partial charge in [0.1, 0.15) is 0 Å². The van der Waals surface area contributed by atoms with Crippen molar-refractivity contribution in [2.45, 2.75) is 30.6 Å². The minimum Gasteiger partial charge on any atom is -0.296 e.